The molecule has 0 aromatic heterocycles. The Balaban J connectivity index is 0. The third kappa shape index (κ3) is 11.6. The summed E-state index contributed by atoms with van der Waals surface area (Å²) in [6.45, 7) is 2.30. The van der Waals surface area contributed by atoms with E-state index in [1.807, 2.05) is 0 Å². The van der Waals surface area contributed by atoms with Crippen LogP contribution in [-0.4, -0.2) is 34.3 Å². The summed E-state index contributed by atoms with van der Waals surface area (Å²) in [4.78, 5) is 18.7. The van der Waals surface area contributed by atoms with Crippen molar-refractivity contribution in [3.05, 3.63) is 0 Å². The van der Waals surface area contributed by atoms with Crippen molar-refractivity contribution in [3.63, 3.8) is 0 Å². The topological polar surface area (TPSA) is 121 Å². The first kappa shape index (κ1) is 13.4. The molecule has 0 unspecified atom stereocenters. The molecule has 0 spiro atoms. The molecule has 6 heteroatoms. The summed E-state index contributed by atoms with van der Waals surface area (Å²) >= 11 is 0. The van der Waals surface area contributed by atoms with Gasteiger partial charge in [-0.15, -0.1) is 0 Å². The minimum absolute atomic E-state index is 0.972. The third-order valence-corrected chi connectivity index (χ3v) is 0.805. The smallest absolute Gasteiger partial charge is 0.352 e. The van der Waals surface area contributed by atoms with E-state index in [4.69, 9.17) is 25.8 Å². The Labute approximate surface area is 69.6 Å². The van der Waals surface area contributed by atoms with Gasteiger partial charge in [-0.1, -0.05) is 0 Å². The molecule has 0 bridgehead atoms. The normalized spacial score (nSPS) is 13.7. The van der Waals surface area contributed by atoms with Crippen LogP contribution >= 0.6 is 0 Å². The molecule has 0 heterocycles. The lowest BCUT2D eigenvalue weighted by atomic mass is 10.2. The van der Waals surface area contributed by atoms with E-state index in [1.54, 1.807) is 0 Å². The van der Waals surface area contributed by atoms with Crippen molar-refractivity contribution in [2.24, 2.45) is 5.73 Å². The number of carboxylic acids is 1. The van der Waals surface area contributed by atoms with Gasteiger partial charge < -0.3 is 15.9 Å². The van der Waals surface area contributed by atoms with Gasteiger partial charge in [-0.3, -0.25) is 4.79 Å². The highest BCUT2D eigenvalue weighted by molar-refractivity contribution is 5.73. The summed E-state index contributed by atoms with van der Waals surface area (Å²) in [5.74, 6) is -2.26. The van der Waals surface area contributed by atoms with Gasteiger partial charge in [0.15, 0.2) is 0 Å². The molecular weight excluding hydrogens is 166 g/mol. The average molecular weight is 178 g/mol. The van der Waals surface area contributed by atoms with Crippen LogP contribution in [0.15, 0.2) is 0 Å². The number of hydrogen-bond acceptors (Lipinski definition) is 4. The van der Waals surface area contributed by atoms with Crippen molar-refractivity contribution >= 4 is 11.9 Å². The number of carboxylic acid groups (broad SMARTS) is 1. The Bertz CT molecular complexity index is 152. The zero-order valence-electron chi connectivity index (χ0n) is 6.85. The SMILES string of the molecule is CC([O])=O.C[C@@H](O)[C@H](N)C(=O)O. The summed E-state index contributed by atoms with van der Waals surface area (Å²) < 4.78 is 0. The van der Waals surface area contributed by atoms with Crippen LogP contribution in [0.5, 0.6) is 0 Å². The maximum Gasteiger partial charge on any atom is 0.352 e. The van der Waals surface area contributed by atoms with Gasteiger partial charge >= 0.3 is 11.9 Å². The molecule has 0 fully saturated rings. The van der Waals surface area contributed by atoms with Gasteiger partial charge in [0.05, 0.1) is 6.10 Å². The molecule has 2 atom stereocenters. The van der Waals surface area contributed by atoms with Crippen molar-refractivity contribution in [1.82, 2.24) is 0 Å². The summed E-state index contributed by atoms with van der Waals surface area (Å²) in [6, 6.07) is -1.16. The number of rotatable bonds is 2. The minimum atomic E-state index is -1.18. The fourth-order valence-corrected chi connectivity index (χ4v) is 0.206. The number of hydrogen-bond donors (Lipinski definition) is 3. The summed E-state index contributed by atoms with van der Waals surface area (Å²) in [5.41, 5.74) is 4.91. The molecule has 0 saturated heterocycles. The van der Waals surface area contributed by atoms with Crippen LogP contribution in [0.2, 0.25) is 0 Å². The Kier molecular flexibility index (Phi) is 7.36. The quantitative estimate of drug-likeness (QED) is 0.487. The van der Waals surface area contributed by atoms with Gasteiger partial charge in [0.25, 0.3) is 0 Å². The fraction of sp³-hybridized carbons (Fsp3) is 0.667. The lowest BCUT2D eigenvalue weighted by molar-refractivity contribution is -0.141. The summed E-state index contributed by atoms with van der Waals surface area (Å²) in [6.07, 6.45) is -0.979. The molecule has 0 amide bonds. The van der Waals surface area contributed by atoms with Gasteiger partial charge in [0.1, 0.15) is 6.04 Å². The molecule has 0 aliphatic heterocycles. The zero-order valence-corrected chi connectivity index (χ0v) is 6.85. The number of carbonyl (C=O) groups excluding carboxylic acids is 1. The van der Waals surface area contributed by atoms with Crippen molar-refractivity contribution < 1.29 is 24.9 Å². The fourth-order valence-electron chi connectivity index (χ4n) is 0.206. The number of carbonyl (C=O) groups is 2. The van der Waals surface area contributed by atoms with Gasteiger partial charge in [-0.25, -0.2) is 9.90 Å². The second kappa shape index (κ2) is 6.56. The monoisotopic (exact) mass is 178 g/mol. The number of aliphatic carboxylic acids is 1. The predicted molar refractivity (Wildman–Crippen MR) is 38.7 cm³/mol. The van der Waals surface area contributed by atoms with Crippen LogP contribution in [0, 0.1) is 0 Å². The molecule has 6 nitrogen and oxygen atoms in total. The van der Waals surface area contributed by atoms with E-state index in [-0.39, 0.29) is 0 Å². The summed E-state index contributed by atoms with van der Waals surface area (Å²) in [7, 11) is 0. The van der Waals surface area contributed by atoms with Crippen LogP contribution in [0.3, 0.4) is 0 Å². The zero-order chi connectivity index (χ0) is 10.3. The molecule has 4 N–H and O–H groups in total. The van der Waals surface area contributed by atoms with E-state index in [0.717, 1.165) is 6.92 Å². The van der Waals surface area contributed by atoms with Crippen LogP contribution in [0.4, 0.5) is 0 Å². The molecular formula is C6H12NO5. The maximum atomic E-state index is 9.86. The Morgan fingerprint density at radius 2 is 1.67 bits per heavy atom. The van der Waals surface area contributed by atoms with Crippen LogP contribution in [0.1, 0.15) is 13.8 Å². The van der Waals surface area contributed by atoms with E-state index in [9.17, 15) is 4.79 Å². The number of aliphatic hydroxyl groups excluding tert-OH is 1. The Morgan fingerprint density at radius 3 is 1.67 bits per heavy atom. The van der Waals surface area contributed by atoms with E-state index in [2.05, 4.69) is 0 Å². The second-order valence-electron chi connectivity index (χ2n) is 2.10. The van der Waals surface area contributed by atoms with Crippen molar-refractivity contribution in [2.75, 3.05) is 0 Å². The molecule has 12 heavy (non-hydrogen) atoms. The van der Waals surface area contributed by atoms with Crippen molar-refractivity contribution in [1.29, 1.82) is 0 Å². The molecule has 0 aliphatic rings. The molecule has 0 aliphatic carbocycles. The lowest BCUT2D eigenvalue weighted by Crippen LogP contribution is -2.39. The van der Waals surface area contributed by atoms with E-state index >= 15 is 0 Å². The van der Waals surface area contributed by atoms with E-state index in [1.165, 1.54) is 6.92 Å². The van der Waals surface area contributed by atoms with E-state index in [0.29, 0.717) is 0 Å². The van der Waals surface area contributed by atoms with Crippen LogP contribution in [0.25, 0.3) is 0 Å². The average Bonchev–Trinajstić information content (AvgIpc) is 1.84. The molecule has 0 rings (SSSR count). The molecule has 0 aromatic rings. The lowest BCUT2D eigenvalue weighted by Gasteiger charge is -2.06. The van der Waals surface area contributed by atoms with Gasteiger partial charge in [-0.2, -0.15) is 0 Å². The van der Waals surface area contributed by atoms with Gasteiger partial charge in [0, 0.05) is 6.92 Å². The molecule has 71 valence electrons. The van der Waals surface area contributed by atoms with Crippen molar-refractivity contribution in [2.45, 2.75) is 26.0 Å². The third-order valence-electron chi connectivity index (χ3n) is 0.805. The highest BCUT2D eigenvalue weighted by Crippen LogP contribution is 1.85. The van der Waals surface area contributed by atoms with Gasteiger partial charge in [0.2, 0.25) is 0 Å². The van der Waals surface area contributed by atoms with E-state index < -0.39 is 24.1 Å². The predicted octanol–water partition coefficient (Wildman–Crippen LogP) is -1.26. The number of aliphatic hydroxyl groups is 1. The van der Waals surface area contributed by atoms with Crippen molar-refractivity contribution in [3.8, 4) is 0 Å². The highest BCUT2D eigenvalue weighted by Gasteiger charge is 2.16. The molecule has 0 aromatic carbocycles. The minimum Gasteiger partial charge on any atom is -0.480 e. The first-order valence-electron chi connectivity index (χ1n) is 3.13. The molecule has 0 saturated carbocycles. The maximum absolute atomic E-state index is 9.86. The Hall–Kier alpha value is -1.14. The van der Waals surface area contributed by atoms with Gasteiger partial charge in [-0.05, 0) is 6.92 Å². The largest absolute Gasteiger partial charge is 0.480 e. The molecule has 1 radical (unpaired) electrons. The van der Waals surface area contributed by atoms with Crippen LogP contribution in [-0.2, 0) is 14.7 Å². The highest BCUT2D eigenvalue weighted by atomic mass is 16.4. The standard InChI is InChI=1S/C4H9NO3.C2H3O2/c1-2(6)3(5)4(7)8;1-2(3)4/h2-3,6H,5H2,1H3,(H,7,8);1H3/t2-,3+;/m1./s1. The number of nitrogens with two attached hydrogens (primary N) is 1. The Morgan fingerprint density at radius 1 is 1.42 bits per heavy atom. The second-order valence-corrected chi connectivity index (χ2v) is 2.10. The first-order valence-corrected chi connectivity index (χ1v) is 3.13. The summed E-state index contributed by atoms with van der Waals surface area (Å²) in [5, 5.41) is 25.4. The van der Waals surface area contributed by atoms with Crippen LogP contribution < -0.4 is 5.73 Å². The first-order chi connectivity index (χ1) is 5.29.